The standard InChI is InChI=1S/C8H8F3NO3S/c1-12-16(13,14)7-5-3-2-4-6(7)15-8(9,10)11/h2-5H,1,12H2. The SMILES string of the molecule is [CH2-][NH2+]S(=O)(=O)c1ccccc1OC(F)(F)F. The van der Waals surface area contributed by atoms with E-state index in [1.807, 2.05) is 0 Å². The highest BCUT2D eigenvalue weighted by Crippen LogP contribution is 2.27. The summed E-state index contributed by atoms with van der Waals surface area (Å²) in [5, 5.41) is 0. The molecule has 0 aliphatic heterocycles. The van der Waals surface area contributed by atoms with E-state index in [9.17, 15) is 21.6 Å². The molecule has 0 aromatic heterocycles. The first-order valence-electron chi connectivity index (χ1n) is 3.98. The van der Waals surface area contributed by atoms with Gasteiger partial charge >= 0.3 is 16.4 Å². The largest absolute Gasteiger partial charge is 0.573 e. The Labute approximate surface area is 90.1 Å². The lowest BCUT2D eigenvalue weighted by Crippen LogP contribution is -2.80. The number of primary sulfonamides is 1. The van der Waals surface area contributed by atoms with Crippen molar-refractivity contribution in [3.8, 4) is 5.75 Å². The molecule has 0 fully saturated rings. The lowest BCUT2D eigenvalue weighted by molar-refractivity contribution is -0.424. The number of halogens is 3. The van der Waals surface area contributed by atoms with Crippen LogP contribution in [0.5, 0.6) is 5.75 Å². The maximum atomic E-state index is 12.0. The van der Waals surface area contributed by atoms with Crippen LogP contribution in [-0.4, -0.2) is 14.8 Å². The molecule has 0 saturated heterocycles. The Hall–Kier alpha value is -1.28. The van der Waals surface area contributed by atoms with E-state index >= 15 is 0 Å². The number of para-hydroxylation sites is 1. The van der Waals surface area contributed by atoms with E-state index in [0.29, 0.717) is 4.72 Å². The molecule has 0 spiro atoms. The summed E-state index contributed by atoms with van der Waals surface area (Å²) < 4.78 is 62.8. The highest BCUT2D eigenvalue weighted by molar-refractivity contribution is 7.84. The summed E-state index contributed by atoms with van der Waals surface area (Å²) in [6.07, 6.45) is -4.94. The summed E-state index contributed by atoms with van der Waals surface area (Å²) in [5.74, 6) is -0.769. The van der Waals surface area contributed by atoms with Crippen molar-refractivity contribution in [2.24, 2.45) is 0 Å². The lowest BCUT2D eigenvalue weighted by atomic mass is 10.3. The number of rotatable bonds is 3. The van der Waals surface area contributed by atoms with Gasteiger partial charge in [0.25, 0.3) is 0 Å². The smallest absolute Gasteiger partial charge is 0.404 e. The Kier molecular flexibility index (Phi) is 3.44. The fourth-order valence-corrected chi connectivity index (χ4v) is 1.82. The van der Waals surface area contributed by atoms with Crippen molar-refractivity contribution in [3.63, 3.8) is 0 Å². The molecule has 1 aromatic rings. The third kappa shape index (κ3) is 3.11. The summed E-state index contributed by atoms with van der Waals surface area (Å²) in [4.78, 5) is -0.567. The Balaban J connectivity index is 3.22. The first-order chi connectivity index (χ1) is 7.26. The minimum Gasteiger partial charge on any atom is -0.404 e. The molecule has 0 saturated carbocycles. The van der Waals surface area contributed by atoms with Gasteiger partial charge in [0.15, 0.2) is 10.6 Å². The molecule has 0 radical (unpaired) electrons. The Bertz CT molecular complexity index is 470. The van der Waals surface area contributed by atoms with Crippen LogP contribution in [0.1, 0.15) is 0 Å². The number of ether oxygens (including phenoxy) is 1. The lowest BCUT2D eigenvalue weighted by Gasteiger charge is -2.12. The van der Waals surface area contributed by atoms with Gasteiger partial charge < -0.3 is 9.46 Å². The maximum absolute atomic E-state index is 12.0. The number of hydrogen-bond donors (Lipinski definition) is 1. The minimum absolute atomic E-state index is 0.561. The van der Waals surface area contributed by atoms with Crippen LogP contribution in [-0.2, 0) is 10.0 Å². The van der Waals surface area contributed by atoms with Gasteiger partial charge in [0.2, 0.25) is 0 Å². The zero-order valence-electron chi connectivity index (χ0n) is 7.86. The van der Waals surface area contributed by atoms with E-state index in [4.69, 9.17) is 0 Å². The molecule has 0 bridgehead atoms. The van der Waals surface area contributed by atoms with E-state index in [2.05, 4.69) is 11.8 Å². The highest BCUT2D eigenvalue weighted by atomic mass is 32.2. The summed E-state index contributed by atoms with van der Waals surface area (Å²) in [6, 6.07) is 4.46. The number of sulfonamides is 1. The second-order valence-corrected chi connectivity index (χ2v) is 4.57. The first kappa shape index (κ1) is 12.8. The second kappa shape index (κ2) is 4.30. The van der Waals surface area contributed by atoms with Gasteiger partial charge in [-0.15, -0.1) is 20.2 Å². The van der Waals surface area contributed by atoms with E-state index in [-0.39, 0.29) is 0 Å². The van der Waals surface area contributed by atoms with E-state index in [0.717, 1.165) is 12.1 Å². The summed E-state index contributed by atoms with van der Waals surface area (Å²) in [7, 11) is -0.941. The van der Waals surface area contributed by atoms with Gasteiger partial charge in [-0.3, -0.25) is 0 Å². The first-order valence-corrected chi connectivity index (χ1v) is 5.53. The second-order valence-electron chi connectivity index (χ2n) is 2.71. The summed E-state index contributed by atoms with van der Waals surface area (Å²) in [5.41, 5.74) is 0. The van der Waals surface area contributed by atoms with E-state index in [1.54, 1.807) is 0 Å². The molecule has 0 unspecified atom stereocenters. The summed E-state index contributed by atoms with van der Waals surface area (Å²) >= 11 is 0. The van der Waals surface area contributed by atoms with Gasteiger partial charge in [-0.25, -0.2) is 0 Å². The van der Waals surface area contributed by atoms with Gasteiger partial charge in [-0.1, -0.05) is 12.1 Å². The monoisotopic (exact) mass is 255 g/mol. The predicted octanol–water partition coefficient (Wildman–Crippen LogP) is 0.629. The molecule has 16 heavy (non-hydrogen) atoms. The van der Waals surface area contributed by atoms with Crippen molar-refractivity contribution < 1.29 is 31.0 Å². The molecule has 8 heteroatoms. The van der Waals surface area contributed by atoms with Crippen molar-refractivity contribution in [1.82, 2.24) is 0 Å². The topological polar surface area (TPSA) is 60.0 Å². The molecule has 1 rings (SSSR count). The van der Waals surface area contributed by atoms with Gasteiger partial charge in [-0.2, -0.15) is 8.42 Å². The van der Waals surface area contributed by atoms with Crippen LogP contribution in [0.25, 0.3) is 0 Å². The fourth-order valence-electron chi connectivity index (χ4n) is 0.984. The van der Waals surface area contributed by atoms with Gasteiger partial charge in [0, 0.05) is 0 Å². The van der Waals surface area contributed by atoms with Crippen molar-refractivity contribution in [2.45, 2.75) is 11.3 Å². The van der Waals surface area contributed by atoms with Gasteiger partial charge in [-0.05, 0) is 12.1 Å². The zero-order chi connectivity index (χ0) is 12.4. The van der Waals surface area contributed by atoms with Crippen LogP contribution in [0.3, 0.4) is 0 Å². The van der Waals surface area contributed by atoms with Crippen LogP contribution in [0, 0.1) is 7.05 Å². The normalized spacial score (nSPS) is 12.5. The third-order valence-corrected chi connectivity index (χ3v) is 2.99. The Morgan fingerprint density at radius 2 is 1.81 bits per heavy atom. The molecule has 4 nitrogen and oxygen atoms in total. The quantitative estimate of drug-likeness (QED) is 0.806. The molecule has 0 aliphatic rings. The molecule has 0 amide bonds. The Morgan fingerprint density at radius 1 is 1.25 bits per heavy atom. The molecule has 0 heterocycles. The number of benzene rings is 1. The number of alkyl halides is 3. The minimum atomic E-state index is -4.94. The predicted molar refractivity (Wildman–Crippen MR) is 47.6 cm³/mol. The molecule has 0 aliphatic carbocycles. The Morgan fingerprint density at radius 3 is 2.31 bits per heavy atom. The molecular weight excluding hydrogens is 247 g/mol. The average Bonchev–Trinajstić information content (AvgIpc) is 2.16. The number of nitrogens with two attached hydrogens (primary N) is 1. The van der Waals surface area contributed by atoms with Crippen LogP contribution in [0.2, 0.25) is 0 Å². The van der Waals surface area contributed by atoms with Crippen LogP contribution < -0.4 is 9.46 Å². The number of quaternary nitrogens is 1. The number of hydrogen-bond acceptors (Lipinski definition) is 3. The van der Waals surface area contributed by atoms with Gasteiger partial charge in [0.1, 0.15) is 0 Å². The van der Waals surface area contributed by atoms with Crippen LogP contribution in [0.15, 0.2) is 29.2 Å². The van der Waals surface area contributed by atoms with Crippen LogP contribution >= 0.6 is 0 Å². The molecular formula is C8H8F3NO3S. The highest BCUT2D eigenvalue weighted by Gasteiger charge is 2.34. The molecule has 90 valence electrons. The van der Waals surface area contributed by atoms with Crippen molar-refractivity contribution in [3.05, 3.63) is 31.3 Å². The van der Waals surface area contributed by atoms with Crippen molar-refractivity contribution in [2.75, 3.05) is 0 Å². The molecule has 2 N–H and O–H groups in total. The maximum Gasteiger partial charge on any atom is 0.573 e. The van der Waals surface area contributed by atoms with Gasteiger partial charge in [0.05, 0.1) is 0 Å². The van der Waals surface area contributed by atoms with Crippen molar-refractivity contribution >= 4 is 10.0 Å². The summed E-state index contributed by atoms with van der Waals surface area (Å²) in [6.45, 7) is 0. The molecule has 1 aromatic carbocycles. The third-order valence-electron chi connectivity index (χ3n) is 1.60. The zero-order valence-corrected chi connectivity index (χ0v) is 8.68. The fraction of sp³-hybridized carbons (Fsp3) is 0.125. The van der Waals surface area contributed by atoms with Crippen LogP contribution in [0.4, 0.5) is 13.2 Å². The van der Waals surface area contributed by atoms with E-state index < -0.39 is 27.0 Å². The molecule has 0 atom stereocenters. The van der Waals surface area contributed by atoms with Crippen molar-refractivity contribution in [1.29, 1.82) is 0 Å². The average molecular weight is 255 g/mol. The van der Waals surface area contributed by atoms with E-state index in [1.165, 1.54) is 12.1 Å².